The van der Waals surface area contributed by atoms with Crippen molar-refractivity contribution >= 4 is 44.6 Å². The van der Waals surface area contributed by atoms with E-state index in [0.29, 0.717) is 5.56 Å². The molecule has 0 spiro atoms. The van der Waals surface area contributed by atoms with Crippen LogP contribution >= 0.6 is 28.1 Å². The molecule has 0 radical (unpaired) electrons. The van der Waals surface area contributed by atoms with Crippen molar-refractivity contribution in [1.29, 1.82) is 0 Å². The van der Waals surface area contributed by atoms with Crippen molar-refractivity contribution in [3.05, 3.63) is 32.0 Å². The number of benzene rings is 1. The van der Waals surface area contributed by atoms with E-state index in [1.54, 1.807) is 6.92 Å². The summed E-state index contributed by atoms with van der Waals surface area (Å²) in [6.45, 7) is 1.58. The largest absolute Gasteiger partial charge is 0.376 e. The van der Waals surface area contributed by atoms with E-state index in [4.69, 9.17) is 5.73 Å². The summed E-state index contributed by atoms with van der Waals surface area (Å²) >= 11 is 7.54. The zero-order valence-electron chi connectivity index (χ0n) is 8.08. The van der Waals surface area contributed by atoms with Gasteiger partial charge in [-0.05, 0) is 40.6 Å². The number of nitrogens with zero attached hydrogens (tertiary/aromatic N) is 1. The van der Waals surface area contributed by atoms with Crippen molar-refractivity contribution in [2.24, 2.45) is 5.73 Å². The summed E-state index contributed by atoms with van der Waals surface area (Å²) in [6, 6.07) is 1.11. The first-order chi connectivity index (χ1) is 7.34. The molecule has 5 nitrogen and oxygen atoms in total. The van der Waals surface area contributed by atoms with Gasteiger partial charge in [-0.2, -0.15) is 4.39 Å². The number of hydrogen-bond donors (Lipinski definition) is 2. The Kier molecular flexibility index (Phi) is 3.76. The second kappa shape index (κ2) is 4.71. The lowest BCUT2D eigenvalue weighted by Gasteiger charge is -2.10. The molecule has 16 heavy (non-hydrogen) atoms. The van der Waals surface area contributed by atoms with Gasteiger partial charge in [0.15, 0.2) is 5.11 Å². The average Bonchev–Trinajstić information content (AvgIpc) is 2.17. The van der Waals surface area contributed by atoms with Gasteiger partial charge >= 0.3 is 5.69 Å². The Morgan fingerprint density at radius 2 is 2.31 bits per heavy atom. The van der Waals surface area contributed by atoms with E-state index in [2.05, 4.69) is 33.5 Å². The molecule has 3 N–H and O–H groups in total. The van der Waals surface area contributed by atoms with Crippen LogP contribution in [0.2, 0.25) is 0 Å². The number of thiocarbonyl (C=S) groups is 1. The maximum absolute atomic E-state index is 13.5. The molecular formula is C8H7BrFN3O2S. The molecule has 1 aromatic rings. The van der Waals surface area contributed by atoms with Crippen LogP contribution in [0.15, 0.2) is 10.5 Å². The van der Waals surface area contributed by atoms with Crippen molar-refractivity contribution in [3.63, 3.8) is 0 Å². The summed E-state index contributed by atoms with van der Waals surface area (Å²) < 4.78 is 13.5. The van der Waals surface area contributed by atoms with Crippen molar-refractivity contribution in [2.75, 3.05) is 5.32 Å². The van der Waals surface area contributed by atoms with Gasteiger partial charge < -0.3 is 11.1 Å². The summed E-state index contributed by atoms with van der Waals surface area (Å²) in [5, 5.41) is 13.0. The molecule has 0 bridgehead atoms. The van der Waals surface area contributed by atoms with Crippen LogP contribution in [0, 0.1) is 22.9 Å². The quantitative estimate of drug-likeness (QED) is 0.498. The SMILES string of the molecule is Cc1cc([N+](=O)[O-])c(F)c(Br)c1NC(N)=S. The minimum absolute atomic E-state index is 0.0444. The number of nitrogens with one attached hydrogen (secondary N) is 1. The second-order valence-electron chi connectivity index (χ2n) is 2.96. The Labute approximate surface area is 104 Å². The second-order valence-corrected chi connectivity index (χ2v) is 4.19. The normalized spacial score (nSPS) is 9.94. The number of hydrogen-bond acceptors (Lipinski definition) is 3. The molecule has 0 saturated carbocycles. The number of rotatable bonds is 2. The molecule has 0 amide bonds. The smallest absolute Gasteiger partial charge is 0.306 e. The molecule has 0 heterocycles. The van der Waals surface area contributed by atoms with E-state index < -0.39 is 16.4 Å². The monoisotopic (exact) mass is 307 g/mol. The zero-order valence-corrected chi connectivity index (χ0v) is 10.5. The molecular weight excluding hydrogens is 301 g/mol. The van der Waals surface area contributed by atoms with Crippen molar-refractivity contribution < 1.29 is 9.31 Å². The fraction of sp³-hybridized carbons (Fsp3) is 0.125. The Bertz CT molecular complexity index is 481. The van der Waals surface area contributed by atoms with Gasteiger partial charge in [0.1, 0.15) is 0 Å². The molecule has 8 heteroatoms. The lowest BCUT2D eigenvalue weighted by molar-refractivity contribution is -0.387. The van der Waals surface area contributed by atoms with Gasteiger partial charge in [-0.15, -0.1) is 0 Å². The predicted octanol–water partition coefficient (Wildman–Crippen LogP) is 2.46. The zero-order chi connectivity index (χ0) is 12.5. The lowest BCUT2D eigenvalue weighted by Crippen LogP contribution is -2.20. The van der Waals surface area contributed by atoms with Crippen molar-refractivity contribution in [2.45, 2.75) is 6.92 Å². The summed E-state index contributed by atoms with van der Waals surface area (Å²) in [5.74, 6) is -0.964. The Balaban J connectivity index is 3.39. The molecule has 86 valence electrons. The molecule has 0 atom stereocenters. The van der Waals surface area contributed by atoms with Crippen molar-refractivity contribution in [1.82, 2.24) is 0 Å². The van der Waals surface area contributed by atoms with Crippen LogP contribution < -0.4 is 11.1 Å². The summed E-state index contributed by atoms with van der Waals surface area (Å²) in [6.07, 6.45) is 0. The minimum atomic E-state index is -0.964. The van der Waals surface area contributed by atoms with Gasteiger partial charge in [0.05, 0.1) is 15.1 Å². The maximum Gasteiger partial charge on any atom is 0.306 e. The third-order valence-corrected chi connectivity index (χ3v) is 2.68. The third-order valence-electron chi connectivity index (χ3n) is 1.83. The maximum atomic E-state index is 13.5. The predicted molar refractivity (Wildman–Crippen MR) is 65.9 cm³/mol. The van der Waals surface area contributed by atoms with E-state index in [9.17, 15) is 14.5 Å². The molecule has 0 fully saturated rings. The number of nitro benzene ring substituents is 1. The van der Waals surface area contributed by atoms with Crippen LogP contribution in [0.5, 0.6) is 0 Å². The van der Waals surface area contributed by atoms with E-state index in [1.165, 1.54) is 0 Å². The first-order valence-electron chi connectivity index (χ1n) is 4.04. The Morgan fingerprint density at radius 1 is 1.75 bits per heavy atom. The summed E-state index contributed by atoms with van der Waals surface area (Å²) in [5.41, 5.74) is 5.41. The summed E-state index contributed by atoms with van der Waals surface area (Å²) in [4.78, 5) is 9.74. The summed E-state index contributed by atoms with van der Waals surface area (Å²) in [7, 11) is 0. The molecule has 0 aliphatic heterocycles. The van der Waals surface area contributed by atoms with Crippen LogP contribution in [0.4, 0.5) is 15.8 Å². The van der Waals surface area contributed by atoms with Crippen LogP contribution in [-0.4, -0.2) is 10.0 Å². The standard InChI is InChI=1S/C8H7BrFN3O2S/c1-3-2-4(13(14)15)6(10)5(9)7(3)12-8(11)16/h2H,1H3,(H3,11,12,16). The Morgan fingerprint density at radius 3 is 2.75 bits per heavy atom. The van der Waals surface area contributed by atoms with Crippen LogP contribution in [-0.2, 0) is 0 Å². The molecule has 0 aliphatic rings. The highest BCUT2D eigenvalue weighted by Gasteiger charge is 2.22. The number of aryl methyl sites for hydroxylation is 1. The highest BCUT2D eigenvalue weighted by molar-refractivity contribution is 9.10. The highest BCUT2D eigenvalue weighted by atomic mass is 79.9. The molecule has 0 saturated heterocycles. The van der Waals surface area contributed by atoms with E-state index in [1.807, 2.05) is 0 Å². The molecule has 0 aromatic heterocycles. The number of halogens is 2. The fourth-order valence-electron chi connectivity index (χ4n) is 1.15. The van der Waals surface area contributed by atoms with Gasteiger partial charge in [-0.25, -0.2) is 0 Å². The van der Waals surface area contributed by atoms with Crippen LogP contribution in [0.3, 0.4) is 0 Å². The van der Waals surface area contributed by atoms with Crippen molar-refractivity contribution in [3.8, 4) is 0 Å². The first kappa shape index (κ1) is 12.8. The van der Waals surface area contributed by atoms with Crippen LogP contribution in [0.25, 0.3) is 0 Å². The van der Waals surface area contributed by atoms with Gasteiger partial charge in [0.25, 0.3) is 0 Å². The average molecular weight is 308 g/mol. The number of nitrogens with two attached hydrogens (primary N) is 1. The van der Waals surface area contributed by atoms with E-state index >= 15 is 0 Å². The molecule has 0 unspecified atom stereocenters. The fourth-order valence-corrected chi connectivity index (χ4v) is 1.86. The molecule has 1 rings (SSSR count). The number of anilines is 1. The highest BCUT2D eigenvalue weighted by Crippen LogP contribution is 2.34. The lowest BCUT2D eigenvalue weighted by atomic mass is 10.1. The Hall–Kier alpha value is -1.28. The van der Waals surface area contributed by atoms with Gasteiger partial charge in [-0.1, -0.05) is 0 Å². The first-order valence-corrected chi connectivity index (χ1v) is 5.24. The van der Waals surface area contributed by atoms with Crippen LogP contribution in [0.1, 0.15) is 5.56 Å². The topological polar surface area (TPSA) is 81.2 Å². The van der Waals surface area contributed by atoms with Gasteiger partial charge in [0.2, 0.25) is 5.82 Å². The van der Waals surface area contributed by atoms with Gasteiger partial charge in [-0.3, -0.25) is 10.1 Å². The van der Waals surface area contributed by atoms with E-state index in [0.717, 1.165) is 6.07 Å². The molecule has 0 aliphatic carbocycles. The minimum Gasteiger partial charge on any atom is -0.376 e. The number of nitro groups is 1. The molecule has 1 aromatic carbocycles. The third kappa shape index (κ3) is 2.45. The van der Waals surface area contributed by atoms with E-state index in [-0.39, 0.29) is 15.3 Å². The van der Waals surface area contributed by atoms with Gasteiger partial charge in [0, 0.05) is 6.07 Å².